The van der Waals surface area contributed by atoms with Crippen molar-refractivity contribution in [1.29, 1.82) is 0 Å². The molecule has 3 heteroatoms. The van der Waals surface area contributed by atoms with E-state index in [0.717, 1.165) is 22.9 Å². The van der Waals surface area contributed by atoms with E-state index in [0.29, 0.717) is 5.02 Å². The van der Waals surface area contributed by atoms with Crippen LogP contribution in [0.5, 0.6) is 0 Å². The Hall–Kier alpha value is -0.830. The van der Waals surface area contributed by atoms with Gasteiger partial charge in [0.1, 0.15) is 0 Å². The van der Waals surface area contributed by atoms with E-state index in [1.54, 1.807) is 0 Å². The smallest absolute Gasteiger partial charge is 0.0569 e. The van der Waals surface area contributed by atoms with E-state index in [1.165, 1.54) is 16.7 Å². The lowest BCUT2D eigenvalue weighted by Crippen LogP contribution is -2.15. The van der Waals surface area contributed by atoms with Gasteiger partial charge >= 0.3 is 0 Å². The van der Waals surface area contributed by atoms with E-state index in [-0.39, 0.29) is 6.04 Å². The summed E-state index contributed by atoms with van der Waals surface area (Å²) in [6, 6.07) is 12.2. The molecule has 0 aliphatic rings. The first kappa shape index (κ1) is 15.6. The first-order valence-corrected chi connectivity index (χ1v) is 8.06. The molecule has 0 spiro atoms. The van der Waals surface area contributed by atoms with E-state index >= 15 is 0 Å². The van der Waals surface area contributed by atoms with Crippen molar-refractivity contribution in [3.8, 4) is 0 Å². The number of benzene rings is 2. The highest BCUT2D eigenvalue weighted by Crippen LogP contribution is 2.31. The fraction of sp³-hybridized carbons (Fsp3) is 0.294. The van der Waals surface area contributed by atoms with Crippen LogP contribution in [-0.2, 0) is 12.8 Å². The van der Waals surface area contributed by atoms with Crippen molar-refractivity contribution in [3.63, 3.8) is 0 Å². The van der Waals surface area contributed by atoms with Gasteiger partial charge < -0.3 is 5.73 Å². The van der Waals surface area contributed by atoms with Gasteiger partial charge in [-0.25, -0.2) is 0 Å². The Morgan fingerprint density at radius 1 is 1.05 bits per heavy atom. The highest BCUT2D eigenvalue weighted by Gasteiger charge is 2.16. The maximum atomic E-state index is 6.48. The Kier molecular flexibility index (Phi) is 5.25. The van der Waals surface area contributed by atoms with Crippen molar-refractivity contribution in [2.75, 3.05) is 0 Å². The Morgan fingerprint density at radius 3 is 2.45 bits per heavy atom. The molecule has 0 radical (unpaired) electrons. The molecule has 1 unspecified atom stereocenters. The maximum Gasteiger partial charge on any atom is 0.0569 e. The molecule has 2 N–H and O–H groups in total. The van der Waals surface area contributed by atoms with Crippen LogP contribution in [0, 0.1) is 0 Å². The van der Waals surface area contributed by atoms with Gasteiger partial charge in [-0.3, -0.25) is 0 Å². The van der Waals surface area contributed by atoms with Crippen LogP contribution >= 0.6 is 27.5 Å². The maximum absolute atomic E-state index is 6.48. The molecule has 106 valence electrons. The number of hydrogen-bond donors (Lipinski definition) is 1. The van der Waals surface area contributed by atoms with Gasteiger partial charge in [0, 0.05) is 9.50 Å². The first-order chi connectivity index (χ1) is 9.56. The molecule has 0 amide bonds. The minimum atomic E-state index is -0.193. The minimum absolute atomic E-state index is 0.193. The van der Waals surface area contributed by atoms with Gasteiger partial charge in [-0.15, -0.1) is 0 Å². The fourth-order valence-corrected chi connectivity index (χ4v) is 3.01. The van der Waals surface area contributed by atoms with Crippen LogP contribution in [-0.4, -0.2) is 0 Å². The molecule has 0 aromatic heterocycles. The Morgan fingerprint density at radius 2 is 1.80 bits per heavy atom. The van der Waals surface area contributed by atoms with Gasteiger partial charge in [0.25, 0.3) is 0 Å². The third-order valence-electron chi connectivity index (χ3n) is 3.63. The van der Waals surface area contributed by atoms with Crippen molar-refractivity contribution >= 4 is 27.5 Å². The standard InChI is InChI=1S/C17H19BrClN/c1-3-11-5-6-12(4-2)14(9-11)17(20)15-10-13(18)7-8-16(15)19/h5-10,17H,3-4,20H2,1-2H3. The second-order valence-corrected chi connectivity index (χ2v) is 6.21. The van der Waals surface area contributed by atoms with Crippen LogP contribution < -0.4 is 5.73 Å². The zero-order chi connectivity index (χ0) is 14.7. The quantitative estimate of drug-likeness (QED) is 0.796. The average molecular weight is 353 g/mol. The van der Waals surface area contributed by atoms with Crippen LogP contribution in [0.4, 0.5) is 0 Å². The van der Waals surface area contributed by atoms with Crippen LogP contribution in [0.15, 0.2) is 40.9 Å². The number of halogens is 2. The highest BCUT2D eigenvalue weighted by molar-refractivity contribution is 9.10. The van der Waals surface area contributed by atoms with E-state index in [2.05, 4.69) is 48.0 Å². The summed E-state index contributed by atoms with van der Waals surface area (Å²) in [6.45, 7) is 4.31. The number of rotatable bonds is 4. The molecule has 20 heavy (non-hydrogen) atoms. The van der Waals surface area contributed by atoms with Crippen molar-refractivity contribution in [3.05, 3.63) is 68.1 Å². The summed E-state index contributed by atoms with van der Waals surface area (Å²) in [4.78, 5) is 0. The second kappa shape index (κ2) is 6.75. The van der Waals surface area contributed by atoms with Crippen LogP contribution in [0.1, 0.15) is 42.1 Å². The van der Waals surface area contributed by atoms with Crippen molar-refractivity contribution in [1.82, 2.24) is 0 Å². The van der Waals surface area contributed by atoms with Crippen molar-refractivity contribution in [2.45, 2.75) is 32.7 Å². The monoisotopic (exact) mass is 351 g/mol. The average Bonchev–Trinajstić information content (AvgIpc) is 2.48. The second-order valence-electron chi connectivity index (χ2n) is 4.88. The van der Waals surface area contributed by atoms with E-state index in [1.807, 2.05) is 18.2 Å². The summed E-state index contributed by atoms with van der Waals surface area (Å²) in [5.74, 6) is 0. The molecular weight excluding hydrogens is 334 g/mol. The van der Waals surface area contributed by atoms with Crippen molar-refractivity contribution in [2.24, 2.45) is 5.73 Å². The van der Waals surface area contributed by atoms with Gasteiger partial charge in [-0.1, -0.05) is 59.6 Å². The molecular formula is C17H19BrClN. The SMILES string of the molecule is CCc1ccc(CC)c(C(N)c2cc(Br)ccc2Cl)c1. The molecule has 0 heterocycles. The highest BCUT2D eigenvalue weighted by atomic mass is 79.9. The number of aryl methyl sites for hydroxylation is 2. The lowest BCUT2D eigenvalue weighted by Gasteiger charge is -2.19. The number of hydrogen-bond acceptors (Lipinski definition) is 1. The molecule has 1 nitrogen and oxygen atoms in total. The predicted molar refractivity (Wildman–Crippen MR) is 90.4 cm³/mol. The normalized spacial score (nSPS) is 12.4. The molecule has 1 atom stereocenters. The molecule has 0 saturated carbocycles. The largest absolute Gasteiger partial charge is 0.320 e. The fourth-order valence-electron chi connectivity index (χ4n) is 2.40. The van der Waals surface area contributed by atoms with Crippen LogP contribution in [0.25, 0.3) is 0 Å². The summed E-state index contributed by atoms with van der Waals surface area (Å²) in [5, 5.41) is 0.713. The molecule has 0 aliphatic heterocycles. The molecule has 2 aromatic rings. The molecule has 0 bridgehead atoms. The summed E-state index contributed by atoms with van der Waals surface area (Å²) >= 11 is 9.80. The van der Waals surface area contributed by atoms with E-state index < -0.39 is 0 Å². The third-order valence-corrected chi connectivity index (χ3v) is 4.47. The Bertz CT molecular complexity index is 610. The van der Waals surface area contributed by atoms with Gasteiger partial charge in [-0.2, -0.15) is 0 Å². The summed E-state index contributed by atoms with van der Waals surface area (Å²) in [6.07, 6.45) is 1.98. The van der Waals surface area contributed by atoms with Crippen LogP contribution in [0.2, 0.25) is 5.02 Å². The Labute approximate surface area is 134 Å². The van der Waals surface area contributed by atoms with Crippen molar-refractivity contribution < 1.29 is 0 Å². The zero-order valence-electron chi connectivity index (χ0n) is 11.8. The minimum Gasteiger partial charge on any atom is -0.320 e. The lowest BCUT2D eigenvalue weighted by molar-refractivity contribution is 0.844. The molecule has 0 fully saturated rings. The molecule has 2 rings (SSSR count). The molecule has 0 saturated heterocycles. The predicted octanol–water partition coefficient (Wildman–Crippen LogP) is 5.28. The van der Waals surface area contributed by atoms with Gasteiger partial charge in [0.15, 0.2) is 0 Å². The van der Waals surface area contributed by atoms with Crippen LogP contribution in [0.3, 0.4) is 0 Å². The summed E-state index contributed by atoms with van der Waals surface area (Å²) in [7, 11) is 0. The van der Waals surface area contributed by atoms with E-state index in [9.17, 15) is 0 Å². The summed E-state index contributed by atoms with van der Waals surface area (Å²) in [5.41, 5.74) is 11.2. The molecule has 0 aliphatic carbocycles. The zero-order valence-corrected chi connectivity index (χ0v) is 14.1. The van der Waals surface area contributed by atoms with Gasteiger partial charge in [0.2, 0.25) is 0 Å². The Balaban J connectivity index is 2.51. The lowest BCUT2D eigenvalue weighted by atomic mass is 9.92. The molecule has 2 aromatic carbocycles. The third kappa shape index (κ3) is 3.25. The van der Waals surface area contributed by atoms with Gasteiger partial charge in [0.05, 0.1) is 6.04 Å². The van der Waals surface area contributed by atoms with Gasteiger partial charge in [-0.05, 0) is 53.3 Å². The topological polar surface area (TPSA) is 26.0 Å². The summed E-state index contributed by atoms with van der Waals surface area (Å²) < 4.78 is 0.997. The first-order valence-electron chi connectivity index (χ1n) is 6.89. The number of nitrogens with two attached hydrogens (primary N) is 1. The van der Waals surface area contributed by atoms with E-state index in [4.69, 9.17) is 17.3 Å².